The summed E-state index contributed by atoms with van der Waals surface area (Å²) in [5, 5.41) is 11.2. The number of ether oxygens (including phenoxy) is 1. The Morgan fingerprint density at radius 1 is 1.28 bits per heavy atom. The van der Waals surface area contributed by atoms with E-state index in [2.05, 4.69) is 37.7 Å². The van der Waals surface area contributed by atoms with E-state index in [-0.39, 0.29) is 24.0 Å². The predicted molar refractivity (Wildman–Crippen MR) is 127 cm³/mol. The lowest BCUT2D eigenvalue weighted by atomic mass is 10.2. The average Bonchev–Trinajstić information content (AvgIpc) is 3.16. The summed E-state index contributed by atoms with van der Waals surface area (Å²) in [6, 6.07) is 7.38. The molecule has 29 heavy (non-hydrogen) atoms. The molecule has 162 valence electrons. The molecular formula is C19H30ClIN6O2. The number of likely N-dealkylation sites (N-methyl/N-ethyl adjacent to an activating group) is 1. The van der Waals surface area contributed by atoms with Crippen molar-refractivity contribution in [2.45, 2.75) is 12.8 Å². The Hall–Kier alpha value is -1.43. The molecule has 0 bridgehead atoms. The Morgan fingerprint density at radius 2 is 2.07 bits per heavy atom. The zero-order chi connectivity index (χ0) is 20.2. The second-order valence-corrected chi connectivity index (χ2v) is 6.78. The average molecular weight is 537 g/mol. The maximum Gasteiger partial charge on any atom is 0.228 e. The molecule has 0 amide bonds. The van der Waals surface area contributed by atoms with Crippen molar-refractivity contribution < 1.29 is 9.26 Å². The molecule has 1 aromatic carbocycles. The van der Waals surface area contributed by atoms with Gasteiger partial charge in [-0.3, -0.25) is 4.99 Å². The summed E-state index contributed by atoms with van der Waals surface area (Å²) >= 11 is 6.00. The van der Waals surface area contributed by atoms with Gasteiger partial charge in [0.1, 0.15) is 0 Å². The molecule has 0 saturated carbocycles. The van der Waals surface area contributed by atoms with Gasteiger partial charge in [0.15, 0.2) is 5.96 Å². The van der Waals surface area contributed by atoms with E-state index in [0.29, 0.717) is 29.7 Å². The van der Waals surface area contributed by atoms with Gasteiger partial charge in [-0.25, -0.2) is 0 Å². The fourth-order valence-corrected chi connectivity index (χ4v) is 2.76. The Labute approximate surface area is 194 Å². The van der Waals surface area contributed by atoms with Gasteiger partial charge in [-0.15, -0.1) is 24.0 Å². The van der Waals surface area contributed by atoms with E-state index in [1.165, 1.54) is 0 Å². The molecular weight excluding hydrogens is 507 g/mol. The van der Waals surface area contributed by atoms with E-state index >= 15 is 0 Å². The van der Waals surface area contributed by atoms with Crippen LogP contribution >= 0.6 is 35.6 Å². The van der Waals surface area contributed by atoms with Gasteiger partial charge in [-0.2, -0.15) is 4.98 Å². The van der Waals surface area contributed by atoms with Gasteiger partial charge in [-0.05, 0) is 25.6 Å². The Bertz CT molecular complexity index is 743. The van der Waals surface area contributed by atoms with Crippen LogP contribution in [0.5, 0.6) is 0 Å². The first-order valence-electron chi connectivity index (χ1n) is 9.33. The van der Waals surface area contributed by atoms with Crippen molar-refractivity contribution in [1.82, 2.24) is 25.7 Å². The van der Waals surface area contributed by atoms with Crippen molar-refractivity contribution >= 4 is 41.5 Å². The number of rotatable bonds is 11. The Balaban J connectivity index is 0.00000420. The van der Waals surface area contributed by atoms with Gasteiger partial charge in [0.05, 0.1) is 0 Å². The summed E-state index contributed by atoms with van der Waals surface area (Å²) in [7, 11) is 5.58. The van der Waals surface area contributed by atoms with Crippen molar-refractivity contribution in [1.29, 1.82) is 0 Å². The van der Waals surface area contributed by atoms with Gasteiger partial charge in [0.25, 0.3) is 0 Å². The normalized spacial score (nSPS) is 11.4. The van der Waals surface area contributed by atoms with Crippen LogP contribution in [0.3, 0.4) is 0 Å². The van der Waals surface area contributed by atoms with Crippen LogP contribution in [-0.4, -0.2) is 75.0 Å². The summed E-state index contributed by atoms with van der Waals surface area (Å²) in [6.07, 6.45) is 1.63. The van der Waals surface area contributed by atoms with Crippen LogP contribution in [0.2, 0.25) is 5.02 Å². The molecule has 0 spiro atoms. The molecule has 1 heterocycles. The number of hydrogen-bond donors (Lipinski definition) is 2. The van der Waals surface area contributed by atoms with Gasteiger partial charge >= 0.3 is 0 Å². The third-order valence-electron chi connectivity index (χ3n) is 4.08. The van der Waals surface area contributed by atoms with Crippen molar-refractivity contribution in [3.05, 3.63) is 35.2 Å². The number of aromatic nitrogens is 2. The topological polar surface area (TPSA) is 87.8 Å². The Morgan fingerprint density at radius 3 is 2.79 bits per heavy atom. The molecule has 0 aliphatic heterocycles. The maximum atomic E-state index is 6.00. The third kappa shape index (κ3) is 9.75. The van der Waals surface area contributed by atoms with Crippen molar-refractivity contribution in [3.63, 3.8) is 0 Å². The number of methoxy groups -OCH3 is 1. The van der Waals surface area contributed by atoms with Crippen LogP contribution in [0.25, 0.3) is 11.4 Å². The fourth-order valence-electron chi connectivity index (χ4n) is 2.57. The van der Waals surface area contributed by atoms with E-state index in [0.717, 1.165) is 44.2 Å². The first-order valence-corrected chi connectivity index (χ1v) is 9.70. The van der Waals surface area contributed by atoms with Gasteiger partial charge in [0.2, 0.25) is 11.7 Å². The summed E-state index contributed by atoms with van der Waals surface area (Å²) in [4.78, 5) is 10.9. The van der Waals surface area contributed by atoms with Crippen LogP contribution in [0, 0.1) is 0 Å². The van der Waals surface area contributed by atoms with E-state index in [1.807, 2.05) is 24.3 Å². The summed E-state index contributed by atoms with van der Waals surface area (Å²) in [5.41, 5.74) is 0.836. The summed E-state index contributed by atoms with van der Waals surface area (Å²) < 4.78 is 10.4. The number of nitrogens with zero attached hydrogens (tertiary/aromatic N) is 4. The van der Waals surface area contributed by atoms with E-state index in [9.17, 15) is 0 Å². The number of hydrogen-bond acceptors (Lipinski definition) is 6. The molecule has 2 N–H and O–H groups in total. The quantitative estimate of drug-likeness (QED) is 0.198. The van der Waals surface area contributed by atoms with Crippen molar-refractivity contribution in [2.75, 3.05) is 54.0 Å². The number of benzene rings is 1. The molecule has 0 radical (unpaired) electrons. The van der Waals surface area contributed by atoms with Gasteiger partial charge < -0.3 is 24.8 Å². The molecule has 0 unspecified atom stereocenters. The molecule has 0 saturated heterocycles. The van der Waals surface area contributed by atoms with Crippen LogP contribution in [0.4, 0.5) is 0 Å². The largest absolute Gasteiger partial charge is 0.385 e. The zero-order valence-corrected chi connectivity index (χ0v) is 20.2. The second-order valence-electron chi connectivity index (χ2n) is 6.35. The molecule has 0 fully saturated rings. The minimum Gasteiger partial charge on any atom is -0.385 e. The lowest BCUT2D eigenvalue weighted by molar-refractivity contribution is 0.180. The van der Waals surface area contributed by atoms with E-state index in [1.54, 1.807) is 14.2 Å². The fraction of sp³-hybridized carbons (Fsp3) is 0.526. The minimum atomic E-state index is 0. The number of aliphatic imine (C=N–C) groups is 1. The van der Waals surface area contributed by atoms with Gasteiger partial charge in [-0.1, -0.05) is 28.9 Å². The lowest BCUT2D eigenvalue weighted by Gasteiger charge is -2.18. The van der Waals surface area contributed by atoms with Crippen LogP contribution in [0.15, 0.2) is 33.8 Å². The standard InChI is InChI=1S/C19H29ClN6O2.HI/c1-21-19(23-10-12-26(2)11-5-13-27-3)22-9-8-17-24-18(25-28-17)15-6-4-7-16(20)14-15;/h4,6-7,14H,5,8-13H2,1-3H3,(H2,21,22,23);1H. The number of nitrogens with one attached hydrogen (secondary N) is 2. The SMILES string of the molecule is CN=C(NCCc1nc(-c2cccc(Cl)c2)no1)NCCN(C)CCCOC.I. The van der Waals surface area contributed by atoms with Gasteiger partial charge in [0, 0.05) is 64.0 Å². The predicted octanol–water partition coefficient (Wildman–Crippen LogP) is 2.68. The molecule has 1 aromatic heterocycles. The molecule has 0 atom stereocenters. The highest BCUT2D eigenvalue weighted by atomic mass is 127. The molecule has 0 aliphatic carbocycles. The molecule has 10 heteroatoms. The summed E-state index contributed by atoms with van der Waals surface area (Å²) in [5.74, 6) is 1.85. The second kappa shape index (κ2) is 14.5. The lowest BCUT2D eigenvalue weighted by Crippen LogP contribution is -2.41. The monoisotopic (exact) mass is 536 g/mol. The third-order valence-corrected chi connectivity index (χ3v) is 4.32. The summed E-state index contributed by atoms with van der Waals surface area (Å²) in [6.45, 7) is 4.17. The molecule has 8 nitrogen and oxygen atoms in total. The molecule has 2 rings (SSSR count). The van der Waals surface area contributed by atoms with Crippen LogP contribution in [0.1, 0.15) is 12.3 Å². The minimum absolute atomic E-state index is 0. The van der Waals surface area contributed by atoms with E-state index < -0.39 is 0 Å². The Kier molecular flexibility index (Phi) is 12.8. The van der Waals surface area contributed by atoms with E-state index in [4.69, 9.17) is 20.9 Å². The first kappa shape index (κ1) is 25.6. The van der Waals surface area contributed by atoms with Crippen LogP contribution < -0.4 is 10.6 Å². The smallest absolute Gasteiger partial charge is 0.228 e. The zero-order valence-electron chi connectivity index (χ0n) is 17.2. The first-order chi connectivity index (χ1) is 13.6. The number of halogens is 2. The van der Waals surface area contributed by atoms with Crippen molar-refractivity contribution in [3.8, 4) is 11.4 Å². The van der Waals surface area contributed by atoms with Crippen LogP contribution in [-0.2, 0) is 11.2 Å². The van der Waals surface area contributed by atoms with Crippen molar-refractivity contribution in [2.24, 2.45) is 4.99 Å². The molecule has 0 aliphatic rings. The number of guanidine groups is 1. The molecule has 2 aromatic rings. The highest BCUT2D eigenvalue weighted by Crippen LogP contribution is 2.19. The highest BCUT2D eigenvalue weighted by molar-refractivity contribution is 14.0. The highest BCUT2D eigenvalue weighted by Gasteiger charge is 2.09. The maximum absolute atomic E-state index is 6.00.